The molecule has 4 heteroatoms. The van der Waals surface area contributed by atoms with E-state index in [9.17, 15) is 0 Å². The summed E-state index contributed by atoms with van der Waals surface area (Å²) in [5.41, 5.74) is 6.44. The fourth-order valence-corrected chi connectivity index (χ4v) is 4.29. The van der Waals surface area contributed by atoms with Gasteiger partial charge in [0.05, 0.1) is 19.8 Å². The lowest BCUT2D eigenvalue weighted by Gasteiger charge is -2.31. The second-order valence-corrected chi connectivity index (χ2v) is 7.77. The summed E-state index contributed by atoms with van der Waals surface area (Å²) in [5.74, 6) is 2.42. The van der Waals surface area contributed by atoms with Gasteiger partial charge in [-0.05, 0) is 54.1 Å². The van der Waals surface area contributed by atoms with Gasteiger partial charge >= 0.3 is 0 Å². The molecular weight excluding hydrogens is 398 g/mol. The summed E-state index contributed by atoms with van der Waals surface area (Å²) < 4.78 is 17.7. The van der Waals surface area contributed by atoms with Crippen LogP contribution in [0.25, 0.3) is 11.1 Å². The Morgan fingerprint density at radius 2 is 1.56 bits per heavy atom. The molecule has 0 spiro atoms. The van der Waals surface area contributed by atoms with E-state index in [4.69, 9.17) is 14.2 Å². The molecule has 0 N–H and O–H groups in total. The summed E-state index contributed by atoms with van der Waals surface area (Å²) in [6.45, 7) is 0. The van der Waals surface area contributed by atoms with Crippen LogP contribution in [0.5, 0.6) is 17.2 Å². The molecule has 5 rings (SSSR count). The van der Waals surface area contributed by atoms with Crippen LogP contribution in [0, 0.1) is 0 Å². The summed E-state index contributed by atoms with van der Waals surface area (Å²) in [7, 11) is 5.46. The van der Waals surface area contributed by atoms with E-state index in [0.717, 1.165) is 50.9 Å². The lowest BCUT2D eigenvalue weighted by Crippen LogP contribution is -2.17. The number of fused-ring (bicyclic) bond motifs is 3. The van der Waals surface area contributed by atoms with Crippen molar-refractivity contribution in [1.82, 2.24) is 0 Å². The van der Waals surface area contributed by atoms with Crippen LogP contribution < -0.4 is 19.1 Å². The maximum atomic E-state index is 6.57. The monoisotopic (exact) mass is 423 g/mol. The van der Waals surface area contributed by atoms with Crippen molar-refractivity contribution >= 4 is 11.4 Å². The van der Waals surface area contributed by atoms with Gasteiger partial charge in [-0.3, -0.25) is 0 Å². The average Bonchev–Trinajstić information content (AvgIpc) is 2.87. The topological polar surface area (TPSA) is 30.9 Å². The Kier molecular flexibility index (Phi) is 5.20. The predicted molar refractivity (Wildman–Crippen MR) is 128 cm³/mol. The Labute approximate surface area is 188 Å². The quantitative estimate of drug-likeness (QED) is 0.361. The molecule has 1 aliphatic rings. The van der Waals surface area contributed by atoms with Gasteiger partial charge in [0.2, 0.25) is 0 Å². The zero-order valence-electron chi connectivity index (χ0n) is 18.4. The Bertz CT molecular complexity index is 1250. The first-order valence-electron chi connectivity index (χ1n) is 10.6. The van der Waals surface area contributed by atoms with Crippen molar-refractivity contribution in [3.8, 4) is 28.4 Å². The lowest BCUT2D eigenvalue weighted by molar-refractivity contribution is 0.241. The van der Waals surface area contributed by atoms with E-state index in [1.54, 1.807) is 14.2 Å². The largest absolute Gasteiger partial charge is 0.497 e. The van der Waals surface area contributed by atoms with Gasteiger partial charge in [-0.2, -0.15) is 0 Å². The van der Waals surface area contributed by atoms with Crippen molar-refractivity contribution < 1.29 is 14.2 Å². The number of anilines is 2. The van der Waals surface area contributed by atoms with Gasteiger partial charge in [-0.15, -0.1) is 0 Å². The third-order valence-corrected chi connectivity index (χ3v) is 5.97. The van der Waals surface area contributed by atoms with Crippen LogP contribution in [0.3, 0.4) is 0 Å². The van der Waals surface area contributed by atoms with Crippen molar-refractivity contribution in [2.45, 2.75) is 6.10 Å². The second-order valence-electron chi connectivity index (χ2n) is 7.77. The van der Waals surface area contributed by atoms with Crippen LogP contribution in [0.1, 0.15) is 17.2 Å². The molecule has 1 unspecified atom stereocenters. The number of hydrogen-bond acceptors (Lipinski definition) is 4. The lowest BCUT2D eigenvalue weighted by atomic mass is 9.88. The van der Waals surface area contributed by atoms with E-state index in [1.807, 2.05) is 54.6 Å². The number of ether oxygens (including phenoxy) is 3. The molecule has 160 valence electrons. The summed E-state index contributed by atoms with van der Waals surface area (Å²) in [6, 6.07) is 30.9. The Morgan fingerprint density at radius 3 is 2.34 bits per heavy atom. The molecule has 0 saturated heterocycles. The SMILES string of the molecule is COc1cccc(C2Oc3cccc(OC)c3-c3ccc(N(C)c4ccccc4)cc32)c1. The van der Waals surface area contributed by atoms with Crippen LogP contribution >= 0.6 is 0 Å². The number of rotatable bonds is 5. The van der Waals surface area contributed by atoms with Crippen molar-refractivity contribution in [3.05, 3.63) is 102 Å². The average molecular weight is 424 g/mol. The van der Waals surface area contributed by atoms with Gasteiger partial charge < -0.3 is 19.1 Å². The summed E-state index contributed by atoms with van der Waals surface area (Å²) in [4.78, 5) is 2.18. The van der Waals surface area contributed by atoms with E-state index >= 15 is 0 Å². The first-order chi connectivity index (χ1) is 15.7. The molecular formula is C28H25NO3. The van der Waals surface area contributed by atoms with E-state index in [2.05, 4.69) is 48.3 Å². The van der Waals surface area contributed by atoms with Gasteiger partial charge in [0.15, 0.2) is 0 Å². The Hall–Kier alpha value is -3.92. The highest BCUT2D eigenvalue weighted by atomic mass is 16.5. The molecule has 0 aromatic heterocycles. The molecule has 1 heterocycles. The van der Waals surface area contributed by atoms with Crippen molar-refractivity contribution in [2.75, 3.05) is 26.2 Å². The van der Waals surface area contributed by atoms with E-state index in [0.29, 0.717) is 0 Å². The molecule has 0 bridgehead atoms. The fourth-order valence-electron chi connectivity index (χ4n) is 4.29. The van der Waals surface area contributed by atoms with Crippen LogP contribution in [0.2, 0.25) is 0 Å². The number of benzene rings is 4. The number of para-hydroxylation sites is 1. The van der Waals surface area contributed by atoms with Crippen LogP contribution in [0.15, 0.2) is 91.0 Å². The molecule has 0 aliphatic carbocycles. The third-order valence-electron chi connectivity index (χ3n) is 5.97. The summed E-state index contributed by atoms with van der Waals surface area (Å²) >= 11 is 0. The third kappa shape index (κ3) is 3.44. The standard InChI is InChI=1S/C28H25NO3/c1-29(20-10-5-4-6-11-20)21-15-16-23-24(18-21)28(19-9-7-12-22(17-19)30-2)32-26-14-8-13-25(31-3)27(23)26/h4-18,28H,1-3H3. The minimum atomic E-state index is -0.260. The normalized spacial score (nSPS) is 14.0. The minimum Gasteiger partial charge on any atom is -0.497 e. The molecule has 4 aromatic carbocycles. The molecule has 0 radical (unpaired) electrons. The molecule has 0 fully saturated rings. The van der Waals surface area contributed by atoms with Crippen LogP contribution in [-0.2, 0) is 0 Å². The molecule has 0 saturated carbocycles. The smallest absolute Gasteiger partial charge is 0.150 e. The second kappa shape index (κ2) is 8.31. The highest BCUT2D eigenvalue weighted by molar-refractivity contribution is 5.83. The molecule has 0 amide bonds. The zero-order chi connectivity index (χ0) is 22.1. The summed E-state index contributed by atoms with van der Waals surface area (Å²) in [6.07, 6.45) is -0.260. The zero-order valence-corrected chi connectivity index (χ0v) is 18.4. The molecule has 32 heavy (non-hydrogen) atoms. The van der Waals surface area contributed by atoms with E-state index in [-0.39, 0.29) is 6.10 Å². The van der Waals surface area contributed by atoms with Gasteiger partial charge in [-0.25, -0.2) is 0 Å². The van der Waals surface area contributed by atoms with Gasteiger partial charge in [0.1, 0.15) is 23.4 Å². The Morgan fingerprint density at radius 1 is 0.750 bits per heavy atom. The number of hydrogen-bond donors (Lipinski definition) is 0. The number of nitrogens with zero attached hydrogens (tertiary/aromatic N) is 1. The highest BCUT2D eigenvalue weighted by Crippen LogP contribution is 2.50. The first kappa shape index (κ1) is 20.0. The van der Waals surface area contributed by atoms with E-state index in [1.165, 1.54) is 0 Å². The van der Waals surface area contributed by atoms with Gasteiger partial charge in [-0.1, -0.05) is 42.5 Å². The summed E-state index contributed by atoms with van der Waals surface area (Å²) in [5, 5.41) is 0. The molecule has 4 nitrogen and oxygen atoms in total. The maximum absolute atomic E-state index is 6.57. The van der Waals surface area contributed by atoms with Crippen molar-refractivity contribution in [2.24, 2.45) is 0 Å². The van der Waals surface area contributed by atoms with Crippen molar-refractivity contribution in [3.63, 3.8) is 0 Å². The predicted octanol–water partition coefficient (Wildman–Crippen LogP) is 6.62. The fraction of sp³-hybridized carbons (Fsp3) is 0.143. The van der Waals surface area contributed by atoms with Crippen molar-refractivity contribution in [1.29, 1.82) is 0 Å². The first-order valence-corrected chi connectivity index (χ1v) is 10.6. The number of methoxy groups -OCH3 is 2. The Balaban J connectivity index is 1.68. The maximum Gasteiger partial charge on any atom is 0.150 e. The van der Waals surface area contributed by atoms with E-state index < -0.39 is 0 Å². The van der Waals surface area contributed by atoms with Crippen LogP contribution in [0.4, 0.5) is 11.4 Å². The molecule has 1 aliphatic heterocycles. The minimum absolute atomic E-state index is 0.260. The molecule has 1 atom stereocenters. The van der Waals surface area contributed by atoms with Crippen LogP contribution in [-0.4, -0.2) is 21.3 Å². The molecule has 4 aromatic rings. The highest BCUT2D eigenvalue weighted by Gasteiger charge is 2.30. The van der Waals surface area contributed by atoms with Gasteiger partial charge in [0, 0.05) is 29.5 Å². The van der Waals surface area contributed by atoms with Gasteiger partial charge in [0.25, 0.3) is 0 Å².